The lowest BCUT2D eigenvalue weighted by atomic mass is 9.79. The Labute approximate surface area is 179 Å². The van der Waals surface area contributed by atoms with E-state index in [0.29, 0.717) is 0 Å². The second kappa shape index (κ2) is 7.89. The van der Waals surface area contributed by atoms with Crippen molar-refractivity contribution in [3.8, 4) is 5.75 Å². The molecule has 0 saturated carbocycles. The Hall–Kier alpha value is -2.37. The summed E-state index contributed by atoms with van der Waals surface area (Å²) in [5.41, 5.74) is -4.27. The summed E-state index contributed by atoms with van der Waals surface area (Å²) in [4.78, 5) is 12.6. The number of hydrogen-bond acceptors (Lipinski definition) is 4. The topological polar surface area (TPSA) is 62.1 Å². The van der Waals surface area contributed by atoms with E-state index < -0.39 is 53.8 Å². The smallest absolute Gasteiger partial charge is 0.460 e. The number of amides is 1. The van der Waals surface area contributed by atoms with Gasteiger partial charge in [-0.25, -0.2) is 0 Å². The van der Waals surface area contributed by atoms with Crippen LogP contribution in [0.4, 0.5) is 30.7 Å². The van der Waals surface area contributed by atoms with Crippen molar-refractivity contribution in [2.75, 3.05) is 6.61 Å². The fraction of sp³-hybridized carbons (Fsp3) is 0.600. The van der Waals surface area contributed by atoms with Gasteiger partial charge in [0.1, 0.15) is 11.5 Å². The maximum atomic E-state index is 14.2. The first kappa shape index (κ1) is 25.9. The Bertz CT molecular complexity index is 923. The average Bonchev–Trinajstić information content (AvgIpc) is 3.01. The molecule has 32 heavy (non-hydrogen) atoms. The van der Waals surface area contributed by atoms with E-state index in [1.165, 1.54) is 26.8 Å². The van der Waals surface area contributed by atoms with Crippen molar-refractivity contribution in [1.29, 1.82) is 0 Å². The molecule has 0 saturated heterocycles. The number of hydrazone groups is 1. The van der Waals surface area contributed by atoms with Gasteiger partial charge in [0.05, 0.1) is 0 Å². The van der Waals surface area contributed by atoms with Crippen LogP contribution in [0.2, 0.25) is 0 Å². The number of carbonyl (C=O) groups excluding carboxylic acids is 1. The zero-order valence-electron chi connectivity index (χ0n) is 18.0. The van der Waals surface area contributed by atoms with Crippen LogP contribution in [-0.2, 0) is 4.79 Å². The summed E-state index contributed by atoms with van der Waals surface area (Å²) in [6.07, 6.45) is -7.99. The number of alkyl halides is 7. The predicted molar refractivity (Wildman–Crippen MR) is 101 cm³/mol. The number of hydrogen-bond donors (Lipinski definition) is 1. The van der Waals surface area contributed by atoms with Crippen molar-refractivity contribution in [1.82, 2.24) is 5.01 Å². The molecular formula is C20H23F7N2O3. The van der Waals surface area contributed by atoms with Gasteiger partial charge in [-0.1, -0.05) is 26.8 Å². The highest BCUT2D eigenvalue weighted by atomic mass is 19.4. The first-order chi connectivity index (χ1) is 14.3. The highest BCUT2D eigenvalue weighted by molar-refractivity contribution is 5.96. The summed E-state index contributed by atoms with van der Waals surface area (Å²) in [6.45, 7) is 6.62. The molecule has 1 atom stereocenters. The molecule has 0 radical (unpaired) electrons. The molecule has 1 amide bonds. The number of rotatable bonds is 5. The second-order valence-corrected chi connectivity index (χ2v) is 8.68. The molecule has 0 fully saturated rings. The molecule has 1 N–H and O–H groups in total. The standard InChI is InChI=1S/C20H23F7N2O3/c1-11-6-7-13(8-12(11)2)32-10-15(30)29-17(31,16(3,4)5)9-14(28-29)18(21,22)19(23,24)20(25,26)27/h6-8,31H,9-10H2,1-5H3/t17-/m0/s1. The van der Waals surface area contributed by atoms with E-state index in [2.05, 4.69) is 5.10 Å². The highest BCUT2D eigenvalue weighted by Gasteiger charge is 2.76. The van der Waals surface area contributed by atoms with Gasteiger partial charge in [-0.15, -0.1) is 0 Å². The number of halogens is 7. The van der Waals surface area contributed by atoms with Crippen LogP contribution in [0, 0.1) is 19.3 Å². The van der Waals surface area contributed by atoms with Crippen LogP contribution in [0.5, 0.6) is 5.75 Å². The van der Waals surface area contributed by atoms with Gasteiger partial charge in [-0.2, -0.15) is 40.8 Å². The largest absolute Gasteiger partial charge is 0.484 e. The number of aryl methyl sites for hydroxylation is 2. The monoisotopic (exact) mass is 472 g/mol. The van der Waals surface area contributed by atoms with Crippen LogP contribution in [0.15, 0.2) is 23.3 Å². The Morgan fingerprint density at radius 3 is 2.12 bits per heavy atom. The number of carbonyl (C=O) groups is 1. The average molecular weight is 472 g/mol. The fourth-order valence-electron chi connectivity index (χ4n) is 2.94. The van der Waals surface area contributed by atoms with Gasteiger partial charge in [0, 0.05) is 11.8 Å². The molecular weight excluding hydrogens is 449 g/mol. The SMILES string of the molecule is Cc1ccc(OCC(=O)N2N=C(C(F)(F)C(F)(F)C(F)(F)F)C[C@]2(O)C(C)(C)C)cc1C. The molecule has 0 unspecified atom stereocenters. The number of nitrogens with zero attached hydrogens (tertiary/aromatic N) is 2. The summed E-state index contributed by atoms with van der Waals surface area (Å²) in [5.74, 6) is -13.2. The lowest BCUT2D eigenvalue weighted by Gasteiger charge is -2.41. The molecule has 1 heterocycles. The molecule has 180 valence electrons. The fourth-order valence-corrected chi connectivity index (χ4v) is 2.94. The van der Waals surface area contributed by atoms with E-state index >= 15 is 0 Å². The van der Waals surface area contributed by atoms with E-state index in [0.717, 1.165) is 11.1 Å². The molecule has 0 bridgehead atoms. The first-order valence-electron chi connectivity index (χ1n) is 9.41. The Morgan fingerprint density at radius 2 is 1.66 bits per heavy atom. The molecule has 5 nitrogen and oxygen atoms in total. The predicted octanol–water partition coefficient (Wildman–Crippen LogP) is 4.84. The zero-order valence-corrected chi connectivity index (χ0v) is 18.0. The van der Waals surface area contributed by atoms with Crippen LogP contribution in [-0.4, -0.2) is 52.1 Å². The molecule has 1 aromatic rings. The van der Waals surface area contributed by atoms with Crippen molar-refractivity contribution in [3.63, 3.8) is 0 Å². The minimum absolute atomic E-state index is 0.101. The van der Waals surface area contributed by atoms with Crippen LogP contribution in [0.25, 0.3) is 0 Å². The van der Waals surface area contributed by atoms with Gasteiger partial charge >= 0.3 is 18.0 Å². The summed E-state index contributed by atoms with van der Waals surface area (Å²) < 4.78 is 98.5. The van der Waals surface area contributed by atoms with E-state index in [9.17, 15) is 40.6 Å². The molecule has 1 aliphatic rings. The third kappa shape index (κ3) is 4.28. The lowest BCUT2D eigenvalue weighted by Crippen LogP contribution is -2.58. The minimum Gasteiger partial charge on any atom is -0.484 e. The normalized spacial score (nSPS) is 20.4. The van der Waals surface area contributed by atoms with Crippen molar-refractivity contribution in [2.45, 2.75) is 64.8 Å². The molecule has 0 aliphatic carbocycles. The zero-order chi connectivity index (χ0) is 24.9. The quantitative estimate of drug-likeness (QED) is 0.624. The molecule has 1 aliphatic heterocycles. The lowest BCUT2D eigenvalue weighted by molar-refractivity contribution is -0.336. The number of aliphatic hydroxyl groups is 1. The van der Waals surface area contributed by atoms with Crippen LogP contribution in [0.3, 0.4) is 0 Å². The molecule has 2 rings (SSSR count). The van der Waals surface area contributed by atoms with Crippen molar-refractivity contribution in [3.05, 3.63) is 29.3 Å². The molecule has 0 aromatic heterocycles. The Morgan fingerprint density at radius 1 is 1.09 bits per heavy atom. The van der Waals surface area contributed by atoms with Crippen molar-refractivity contribution < 1.29 is 45.4 Å². The van der Waals surface area contributed by atoms with Gasteiger partial charge in [0.25, 0.3) is 5.91 Å². The summed E-state index contributed by atoms with van der Waals surface area (Å²) in [6, 6.07) is 4.78. The van der Waals surface area contributed by atoms with Crippen LogP contribution < -0.4 is 4.74 Å². The van der Waals surface area contributed by atoms with Gasteiger partial charge in [-0.3, -0.25) is 4.79 Å². The van der Waals surface area contributed by atoms with E-state index in [-0.39, 0.29) is 10.8 Å². The van der Waals surface area contributed by atoms with E-state index in [1.54, 1.807) is 19.1 Å². The number of ether oxygens (including phenoxy) is 1. The van der Waals surface area contributed by atoms with E-state index in [1.807, 2.05) is 6.92 Å². The molecule has 1 aromatic carbocycles. The highest BCUT2D eigenvalue weighted by Crippen LogP contribution is 2.51. The maximum Gasteiger partial charge on any atom is 0.460 e. The summed E-state index contributed by atoms with van der Waals surface area (Å²) >= 11 is 0. The minimum atomic E-state index is -6.58. The third-order valence-electron chi connectivity index (χ3n) is 5.38. The Kier molecular flexibility index (Phi) is 6.38. The molecule has 12 heteroatoms. The van der Waals surface area contributed by atoms with Gasteiger partial charge in [0.2, 0.25) is 0 Å². The number of benzene rings is 1. The van der Waals surface area contributed by atoms with Crippen molar-refractivity contribution in [2.24, 2.45) is 10.5 Å². The van der Waals surface area contributed by atoms with Gasteiger partial charge < -0.3 is 9.84 Å². The van der Waals surface area contributed by atoms with Gasteiger partial charge in [0.15, 0.2) is 12.3 Å². The van der Waals surface area contributed by atoms with Crippen LogP contribution >= 0.6 is 0 Å². The first-order valence-corrected chi connectivity index (χ1v) is 9.41. The van der Waals surface area contributed by atoms with Gasteiger partial charge in [-0.05, 0) is 37.1 Å². The van der Waals surface area contributed by atoms with Crippen LogP contribution in [0.1, 0.15) is 38.3 Å². The molecule has 0 spiro atoms. The van der Waals surface area contributed by atoms with Crippen molar-refractivity contribution >= 4 is 11.6 Å². The Balaban J connectivity index is 2.39. The second-order valence-electron chi connectivity index (χ2n) is 8.68. The third-order valence-corrected chi connectivity index (χ3v) is 5.38. The van der Waals surface area contributed by atoms with E-state index in [4.69, 9.17) is 4.74 Å². The summed E-state index contributed by atoms with van der Waals surface area (Å²) in [7, 11) is 0. The summed E-state index contributed by atoms with van der Waals surface area (Å²) in [5, 5.41) is 14.1. The maximum absolute atomic E-state index is 14.2.